The zero-order valence-electron chi connectivity index (χ0n) is 15.2. The molecule has 3 fully saturated rings. The number of thiazole rings is 1. The predicted molar refractivity (Wildman–Crippen MR) is 100 cm³/mol. The number of amides is 1. The second kappa shape index (κ2) is 6.57. The van der Waals surface area contributed by atoms with Gasteiger partial charge in [0.15, 0.2) is 11.7 Å². The van der Waals surface area contributed by atoms with Crippen molar-refractivity contribution < 1.29 is 32.6 Å². The third-order valence-electron chi connectivity index (χ3n) is 5.47. The van der Waals surface area contributed by atoms with Crippen LogP contribution in [0.25, 0.3) is 21.7 Å². The number of alkyl halides is 3. The SMILES string of the molecule is O=C(O)N1C2CC1CN(c1nc3cc(C(O)C(F)(F)F)cc(-c4nccs4)c3o1)C2. The number of aromatic nitrogens is 2. The summed E-state index contributed by atoms with van der Waals surface area (Å²) in [4.78, 5) is 23.0. The highest BCUT2D eigenvalue weighted by atomic mass is 32.1. The molecule has 8 nitrogen and oxygen atoms in total. The molecule has 0 aliphatic carbocycles. The molecule has 0 radical (unpaired) electrons. The molecule has 0 spiro atoms. The molecule has 1 aromatic carbocycles. The van der Waals surface area contributed by atoms with Crippen molar-refractivity contribution >= 4 is 34.5 Å². The van der Waals surface area contributed by atoms with Crippen molar-refractivity contribution in [2.45, 2.75) is 30.8 Å². The van der Waals surface area contributed by atoms with Crippen LogP contribution in [0.15, 0.2) is 28.1 Å². The van der Waals surface area contributed by atoms with Crippen LogP contribution in [0, 0.1) is 0 Å². The summed E-state index contributed by atoms with van der Waals surface area (Å²) in [5.74, 6) is 0. The van der Waals surface area contributed by atoms with Crippen LogP contribution in [-0.4, -0.2) is 62.5 Å². The lowest BCUT2D eigenvalue weighted by molar-refractivity contribution is -0.206. The van der Waals surface area contributed by atoms with E-state index in [4.69, 9.17) is 4.42 Å². The van der Waals surface area contributed by atoms with Crippen molar-refractivity contribution in [2.24, 2.45) is 0 Å². The highest BCUT2D eigenvalue weighted by molar-refractivity contribution is 7.13. The minimum atomic E-state index is -4.82. The summed E-state index contributed by atoms with van der Waals surface area (Å²) >= 11 is 1.23. The summed E-state index contributed by atoms with van der Waals surface area (Å²) in [5.41, 5.74) is 0.408. The molecule has 2 aromatic heterocycles. The van der Waals surface area contributed by atoms with Gasteiger partial charge in [-0.3, -0.25) is 4.90 Å². The standard InChI is InChI=1S/C18H15F3N4O4S/c19-18(20,21)14(26)8-3-11(15-22-1-2-30-15)13-12(4-8)23-16(29-13)24-6-9-5-10(7-24)25(9)17(27)28/h1-4,9-10,14,26H,5-7H2,(H,27,28). The number of nitrogens with zero attached hydrogens (tertiary/aromatic N) is 4. The summed E-state index contributed by atoms with van der Waals surface area (Å²) in [6.07, 6.45) is -6.17. The molecule has 1 amide bonds. The number of carbonyl (C=O) groups is 1. The number of piperazine rings is 1. The molecule has 3 unspecified atom stereocenters. The first-order valence-corrected chi connectivity index (χ1v) is 9.95. The van der Waals surface area contributed by atoms with E-state index in [1.54, 1.807) is 10.3 Å². The highest BCUT2D eigenvalue weighted by Gasteiger charge is 2.48. The highest BCUT2D eigenvalue weighted by Crippen LogP contribution is 2.41. The number of halogens is 3. The van der Waals surface area contributed by atoms with Gasteiger partial charge < -0.3 is 19.5 Å². The van der Waals surface area contributed by atoms with Gasteiger partial charge in [0.2, 0.25) is 0 Å². The van der Waals surface area contributed by atoms with Crippen LogP contribution in [-0.2, 0) is 0 Å². The number of aliphatic hydroxyl groups excluding tert-OH is 1. The second-order valence-corrected chi connectivity index (χ2v) is 8.23. The average molecular weight is 440 g/mol. The molecule has 2 N–H and O–H groups in total. The van der Waals surface area contributed by atoms with E-state index in [0.717, 1.165) is 12.5 Å². The predicted octanol–water partition coefficient (Wildman–Crippen LogP) is 3.49. The van der Waals surface area contributed by atoms with Crippen molar-refractivity contribution in [3.8, 4) is 10.6 Å². The summed E-state index contributed by atoms with van der Waals surface area (Å²) in [6, 6.07) is 2.25. The molecule has 3 aliphatic heterocycles. The molecular formula is C18H15F3N4O4S. The van der Waals surface area contributed by atoms with Gasteiger partial charge in [0.25, 0.3) is 6.01 Å². The fourth-order valence-electron chi connectivity index (χ4n) is 4.12. The van der Waals surface area contributed by atoms with E-state index in [1.165, 1.54) is 28.5 Å². The van der Waals surface area contributed by atoms with Crippen molar-refractivity contribution in [1.82, 2.24) is 14.9 Å². The van der Waals surface area contributed by atoms with Gasteiger partial charge in [-0.2, -0.15) is 18.2 Å². The molecule has 5 heterocycles. The summed E-state index contributed by atoms with van der Waals surface area (Å²) < 4.78 is 45.2. The quantitative estimate of drug-likeness (QED) is 0.643. The van der Waals surface area contributed by atoms with Gasteiger partial charge in [0.1, 0.15) is 10.5 Å². The molecule has 6 rings (SSSR count). The van der Waals surface area contributed by atoms with E-state index in [0.29, 0.717) is 23.7 Å². The molecule has 30 heavy (non-hydrogen) atoms. The molecule has 3 aliphatic rings. The number of rotatable bonds is 3. The number of fused-ring (bicyclic) bond motifs is 3. The van der Waals surface area contributed by atoms with Gasteiger partial charge in [-0.1, -0.05) is 0 Å². The van der Waals surface area contributed by atoms with Gasteiger partial charge in [0.05, 0.1) is 17.6 Å². The Morgan fingerprint density at radius 3 is 2.63 bits per heavy atom. The Morgan fingerprint density at radius 2 is 2.03 bits per heavy atom. The fourth-order valence-corrected chi connectivity index (χ4v) is 4.77. The maximum Gasteiger partial charge on any atom is 0.418 e. The third kappa shape index (κ3) is 2.98. The van der Waals surface area contributed by atoms with Crippen LogP contribution in [0.2, 0.25) is 0 Å². The average Bonchev–Trinajstić information content (AvgIpc) is 3.35. The second-order valence-electron chi connectivity index (χ2n) is 7.33. The molecule has 2 bridgehead atoms. The maximum absolute atomic E-state index is 13.1. The molecule has 12 heteroatoms. The van der Waals surface area contributed by atoms with Gasteiger partial charge >= 0.3 is 12.3 Å². The number of hydrogen-bond donors (Lipinski definition) is 2. The van der Waals surface area contributed by atoms with Crippen molar-refractivity contribution in [2.75, 3.05) is 18.0 Å². The lowest BCUT2D eigenvalue weighted by atomic mass is 9.88. The first kappa shape index (κ1) is 19.1. The largest absolute Gasteiger partial charge is 0.465 e. The lowest BCUT2D eigenvalue weighted by Gasteiger charge is -2.54. The minimum Gasteiger partial charge on any atom is -0.465 e. The summed E-state index contributed by atoms with van der Waals surface area (Å²) in [6.45, 7) is 0.778. The van der Waals surface area contributed by atoms with E-state index in [9.17, 15) is 28.2 Å². The van der Waals surface area contributed by atoms with E-state index in [2.05, 4.69) is 9.97 Å². The van der Waals surface area contributed by atoms with Crippen LogP contribution < -0.4 is 4.90 Å². The Morgan fingerprint density at radius 1 is 1.30 bits per heavy atom. The Kier molecular flexibility index (Phi) is 4.19. The van der Waals surface area contributed by atoms with E-state index < -0.39 is 18.4 Å². The molecule has 3 aromatic rings. The molecule has 3 atom stereocenters. The Balaban J connectivity index is 1.55. The number of anilines is 1. The smallest absolute Gasteiger partial charge is 0.418 e. The van der Waals surface area contributed by atoms with Crippen LogP contribution in [0.1, 0.15) is 18.1 Å². The first-order valence-electron chi connectivity index (χ1n) is 9.07. The fraction of sp³-hybridized carbons (Fsp3) is 0.389. The third-order valence-corrected chi connectivity index (χ3v) is 6.28. The zero-order valence-corrected chi connectivity index (χ0v) is 16.0. The van der Waals surface area contributed by atoms with Crippen LogP contribution in [0.3, 0.4) is 0 Å². The van der Waals surface area contributed by atoms with Crippen molar-refractivity contribution in [3.05, 3.63) is 29.3 Å². The number of benzene rings is 1. The molecular weight excluding hydrogens is 425 g/mol. The van der Waals surface area contributed by atoms with Crippen LogP contribution in [0.5, 0.6) is 0 Å². The van der Waals surface area contributed by atoms with Gasteiger partial charge in [0, 0.05) is 24.7 Å². The van der Waals surface area contributed by atoms with Gasteiger partial charge in [-0.05, 0) is 24.1 Å². The van der Waals surface area contributed by atoms with Gasteiger partial charge in [-0.25, -0.2) is 9.78 Å². The Labute approximate surface area is 171 Å². The van der Waals surface area contributed by atoms with E-state index in [-0.39, 0.29) is 34.8 Å². The maximum atomic E-state index is 13.1. The number of carboxylic acid groups (broad SMARTS) is 1. The molecule has 0 saturated carbocycles. The molecule has 3 saturated heterocycles. The first-order chi connectivity index (χ1) is 14.2. The Hall–Kier alpha value is -2.86. The van der Waals surface area contributed by atoms with E-state index in [1.807, 2.05) is 0 Å². The number of aliphatic hydroxyl groups is 1. The zero-order chi connectivity index (χ0) is 21.2. The number of hydrogen-bond acceptors (Lipinski definition) is 7. The summed E-state index contributed by atoms with van der Waals surface area (Å²) in [5, 5.41) is 21.1. The van der Waals surface area contributed by atoms with Crippen molar-refractivity contribution in [1.29, 1.82) is 0 Å². The normalized spacial score (nSPS) is 22.3. The van der Waals surface area contributed by atoms with Crippen LogP contribution >= 0.6 is 11.3 Å². The number of piperidine rings is 1. The number of oxazole rings is 1. The van der Waals surface area contributed by atoms with Crippen molar-refractivity contribution in [3.63, 3.8) is 0 Å². The van der Waals surface area contributed by atoms with Crippen LogP contribution in [0.4, 0.5) is 24.0 Å². The minimum absolute atomic E-state index is 0.169. The van der Waals surface area contributed by atoms with E-state index >= 15 is 0 Å². The Bertz CT molecular complexity index is 1100. The molecule has 158 valence electrons. The van der Waals surface area contributed by atoms with Gasteiger partial charge in [-0.15, -0.1) is 11.3 Å². The lowest BCUT2D eigenvalue weighted by Crippen LogP contribution is -2.70. The topological polar surface area (TPSA) is 103 Å². The monoisotopic (exact) mass is 440 g/mol. The summed E-state index contributed by atoms with van der Waals surface area (Å²) in [7, 11) is 0.